The van der Waals surface area contributed by atoms with E-state index in [0.29, 0.717) is 16.7 Å². The number of hydrogen-bond acceptors (Lipinski definition) is 4. The molecule has 0 aliphatic carbocycles. The number of nitrogens with one attached hydrogen (secondary N) is 1. The van der Waals surface area contributed by atoms with Crippen molar-refractivity contribution in [1.29, 1.82) is 0 Å². The van der Waals surface area contributed by atoms with Gasteiger partial charge in [-0.2, -0.15) is 0 Å². The number of carbonyl (C=O) groups excluding carboxylic acids is 1. The number of hydrogen-bond donors (Lipinski definition) is 2. The Morgan fingerprint density at radius 1 is 1.03 bits per heavy atom. The molecule has 4 aromatic rings. The Hall–Kier alpha value is -3.93. The fraction of sp³-hybridized carbons (Fsp3) is 0.125. The SMILES string of the molecule is Cc1cccc(NC(=O)c2c(O)c3cccnc3n(Cc3ccccc3)c2=O)c1C. The molecular weight excluding hydrogens is 378 g/mol. The van der Waals surface area contributed by atoms with E-state index in [4.69, 9.17) is 0 Å². The number of nitrogens with zero attached hydrogens (tertiary/aromatic N) is 2. The molecule has 6 heteroatoms. The highest BCUT2D eigenvalue weighted by Crippen LogP contribution is 2.27. The molecule has 0 unspecified atom stereocenters. The minimum Gasteiger partial charge on any atom is -0.506 e. The van der Waals surface area contributed by atoms with Crippen LogP contribution in [0.25, 0.3) is 11.0 Å². The molecule has 0 aliphatic rings. The molecule has 0 aliphatic heterocycles. The van der Waals surface area contributed by atoms with Crippen LogP contribution in [0.5, 0.6) is 5.75 Å². The Bertz CT molecular complexity index is 1310. The first-order chi connectivity index (χ1) is 14.5. The van der Waals surface area contributed by atoms with Crippen molar-refractivity contribution in [3.63, 3.8) is 0 Å². The predicted octanol–water partition coefficient (Wildman–Crippen LogP) is 4.02. The van der Waals surface area contributed by atoms with E-state index in [1.165, 1.54) is 4.57 Å². The molecule has 6 nitrogen and oxygen atoms in total. The van der Waals surface area contributed by atoms with Gasteiger partial charge in [-0.05, 0) is 48.7 Å². The molecule has 0 spiro atoms. The number of aromatic hydroxyl groups is 1. The second-order valence-electron chi connectivity index (χ2n) is 7.18. The molecule has 0 saturated heterocycles. The Labute approximate surface area is 173 Å². The van der Waals surface area contributed by atoms with Crippen LogP contribution in [0.3, 0.4) is 0 Å². The maximum absolute atomic E-state index is 13.3. The molecule has 30 heavy (non-hydrogen) atoms. The topological polar surface area (TPSA) is 84.2 Å². The van der Waals surface area contributed by atoms with Crippen LogP contribution in [0, 0.1) is 13.8 Å². The van der Waals surface area contributed by atoms with E-state index in [2.05, 4.69) is 10.3 Å². The van der Waals surface area contributed by atoms with Gasteiger partial charge in [-0.25, -0.2) is 4.98 Å². The summed E-state index contributed by atoms with van der Waals surface area (Å²) in [5.41, 5.74) is 2.83. The average Bonchev–Trinajstić information content (AvgIpc) is 2.75. The fourth-order valence-corrected chi connectivity index (χ4v) is 3.45. The monoisotopic (exact) mass is 399 g/mol. The van der Waals surface area contributed by atoms with Crippen molar-refractivity contribution in [2.45, 2.75) is 20.4 Å². The average molecular weight is 399 g/mol. The lowest BCUT2D eigenvalue weighted by Gasteiger charge is -2.15. The first-order valence-electron chi connectivity index (χ1n) is 9.59. The molecule has 2 aromatic heterocycles. The van der Waals surface area contributed by atoms with E-state index >= 15 is 0 Å². The predicted molar refractivity (Wildman–Crippen MR) is 117 cm³/mol. The third kappa shape index (κ3) is 3.43. The van der Waals surface area contributed by atoms with Crippen LogP contribution >= 0.6 is 0 Å². The summed E-state index contributed by atoms with van der Waals surface area (Å²) in [6.07, 6.45) is 1.55. The number of rotatable bonds is 4. The minimum absolute atomic E-state index is 0.233. The number of fused-ring (bicyclic) bond motifs is 1. The molecule has 2 aromatic carbocycles. The molecule has 0 atom stereocenters. The zero-order valence-electron chi connectivity index (χ0n) is 16.7. The molecule has 0 radical (unpaired) electrons. The molecule has 0 fully saturated rings. The van der Waals surface area contributed by atoms with E-state index in [9.17, 15) is 14.7 Å². The summed E-state index contributed by atoms with van der Waals surface area (Å²) in [7, 11) is 0. The van der Waals surface area contributed by atoms with Crippen molar-refractivity contribution >= 4 is 22.6 Å². The van der Waals surface area contributed by atoms with Gasteiger partial charge in [-0.1, -0.05) is 42.5 Å². The largest absolute Gasteiger partial charge is 0.506 e. The van der Waals surface area contributed by atoms with Crippen molar-refractivity contribution in [2.24, 2.45) is 0 Å². The molecule has 2 heterocycles. The lowest BCUT2D eigenvalue weighted by molar-refractivity contribution is 0.102. The first kappa shape index (κ1) is 19.4. The number of pyridine rings is 2. The van der Waals surface area contributed by atoms with E-state index in [1.807, 2.05) is 56.3 Å². The summed E-state index contributed by atoms with van der Waals surface area (Å²) >= 11 is 0. The lowest BCUT2D eigenvalue weighted by atomic mass is 10.1. The molecule has 150 valence electrons. The van der Waals surface area contributed by atoms with Crippen LogP contribution in [0.2, 0.25) is 0 Å². The summed E-state index contributed by atoms with van der Waals surface area (Å²) in [5, 5.41) is 13.9. The number of aromatic nitrogens is 2. The summed E-state index contributed by atoms with van der Waals surface area (Å²) in [5.74, 6) is -1.02. The Morgan fingerprint density at radius 3 is 2.57 bits per heavy atom. The summed E-state index contributed by atoms with van der Waals surface area (Å²) < 4.78 is 1.42. The molecule has 1 amide bonds. The zero-order chi connectivity index (χ0) is 21.3. The van der Waals surface area contributed by atoms with Crippen molar-refractivity contribution in [1.82, 2.24) is 9.55 Å². The smallest absolute Gasteiger partial charge is 0.269 e. The highest BCUT2D eigenvalue weighted by molar-refractivity contribution is 6.09. The van der Waals surface area contributed by atoms with Crippen LogP contribution in [0.4, 0.5) is 5.69 Å². The summed E-state index contributed by atoms with van der Waals surface area (Å²) in [4.78, 5) is 30.6. The summed E-state index contributed by atoms with van der Waals surface area (Å²) in [6.45, 7) is 4.07. The van der Waals surface area contributed by atoms with Crippen LogP contribution < -0.4 is 10.9 Å². The third-order valence-corrected chi connectivity index (χ3v) is 5.26. The fourth-order valence-electron chi connectivity index (χ4n) is 3.45. The minimum atomic E-state index is -0.654. The second-order valence-corrected chi connectivity index (χ2v) is 7.18. The van der Waals surface area contributed by atoms with Gasteiger partial charge in [0, 0.05) is 11.9 Å². The normalized spacial score (nSPS) is 10.9. The molecule has 2 N–H and O–H groups in total. The van der Waals surface area contributed by atoms with Crippen molar-refractivity contribution in [3.05, 3.63) is 99.5 Å². The van der Waals surface area contributed by atoms with Crippen molar-refractivity contribution in [2.75, 3.05) is 5.32 Å². The van der Waals surface area contributed by atoms with Gasteiger partial charge in [0.1, 0.15) is 17.0 Å². The van der Waals surface area contributed by atoms with Gasteiger partial charge in [0.15, 0.2) is 0 Å². The van der Waals surface area contributed by atoms with Crippen LogP contribution in [0.1, 0.15) is 27.0 Å². The molecular formula is C24H21N3O3. The first-order valence-corrected chi connectivity index (χ1v) is 9.59. The third-order valence-electron chi connectivity index (χ3n) is 5.26. The Kier molecular flexibility index (Phi) is 5.06. The number of anilines is 1. The van der Waals surface area contributed by atoms with Crippen molar-refractivity contribution in [3.8, 4) is 5.75 Å². The van der Waals surface area contributed by atoms with Gasteiger partial charge in [-0.15, -0.1) is 0 Å². The van der Waals surface area contributed by atoms with Crippen LogP contribution in [0.15, 0.2) is 71.7 Å². The van der Waals surface area contributed by atoms with Gasteiger partial charge in [0.25, 0.3) is 11.5 Å². The number of aryl methyl sites for hydroxylation is 1. The van der Waals surface area contributed by atoms with E-state index in [0.717, 1.165) is 16.7 Å². The van der Waals surface area contributed by atoms with Gasteiger partial charge in [-0.3, -0.25) is 14.2 Å². The maximum atomic E-state index is 13.3. The number of carbonyl (C=O) groups is 1. The van der Waals surface area contributed by atoms with Crippen LogP contribution in [-0.4, -0.2) is 20.6 Å². The molecule has 4 rings (SSSR count). The highest BCUT2D eigenvalue weighted by Gasteiger charge is 2.23. The van der Waals surface area contributed by atoms with E-state index in [-0.39, 0.29) is 17.9 Å². The zero-order valence-corrected chi connectivity index (χ0v) is 16.7. The van der Waals surface area contributed by atoms with Gasteiger partial charge in [0.2, 0.25) is 0 Å². The highest BCUT2D eigenvalue weighted by atomic mass is 16.3. The quantitative estimate of drug-likeness (QED) is 0.543. The van der Waals surface area contributed by atoms with Gasteiger partial charge < -0.3 is 10.4 Å². The van der Waals surface area contributed by atoms with E-state index < -0.39 is 11.5 Å². The Morgan fingerprint density at radius 2 is 1.80 bits per heavy atom. The van der Waals surface area contributed by atoms with Gasteiger partial charge in [0.05, 0.1) is 11.9 Å². The van der Waals surface area contributed by atoms with E-state index in [1.54, 1.807) is 24.4 Å². The van der Waals surface area contributed by atoms with Crippen molar-refractivity contribution < 1.29 is 9.90 Å². The Balaban J connectivity index is 1.86. The molecule has 0 saturated carbocycles. The lowest BCUT2D eigenvalue weighted by Crippen LogP contribution is -2.30. The second kappa shape index (κ2) is 7.83. The molecule has 0 bridgehead atoms. The van der Waals surface area contributed by atoms with Gasteiger partial charge >= 0.3 is 0 Å². The summed E-state index contributed by atoms with van der Waals surface area (Å²) in [6, 6.07) is 18.3. The number of benzene rings is 2. The number of amides is 1. The van der Waals surface area contributed by atoms with Crippen LogP contribution in [-0.2, 0) is 6.54 Å². The maximum Gasteiger partial charge on any atom is 0.269 e. The standard InChI is InChI=1S/C24H21N3O3/c1-15-8-6-12-19(16(15)2)26-23(29)20-21(28)18-11-7-13-25-22(18)27(24(20)30)14-17-9-4-3-5-10-17/h3-13,28H,14H2,1-2H3,(H,26,29).